The minimum absolute atomic E-state index is 0.0981. The molecule has 1 aromatic heterocycles. The summed E-state index contributed by atoms with van der Waals surface area (Å²) in [5.41, 5.74) is -0.554. The van der Waals surface area contributed by atoms with Gasteiger partial charge in [0.05, 0.1) is 6.04 Å². The van der Waals surface area contributed by atoms with Gasteiger partial charge in [-0.3, -0.25) is 0 Å². The van der Waals surface area contributed by atoms with Gasteiger partial charge in [-0.05, 0) is 50.8 Å². The van der Waals surface area contributed by atoms with Crippen molar-refractivity contribution in [3.63, 3.8) is 0 Å². The average molecular weight is 447 g/mol. The predicted molar refractivity (Wildman–Crippen MR) is 117 cm³/mol. The molecule has 1 fully saturated rings. The summed E-state index contributed by atoms with van der Waals surface area (Å²) >= 11 is 1.25. The quantitative estimate of drug-likeness (QED) is 0.653. The van der Waals surface area contributed by atoms with Crippen LogP contribution in [0.4, 0.5) is 4.79 Å². The van der Waals surface area contributed by atoms with E-state index in [9.17, 15) is 13.2 Å². The summed E-state index contributed by atoms with van der Waals surface area (Å²) in [5, 5.41) is -0.0981. The van der Waals surface area contributed by atoms with Gasteiger partial charge in [-0.2, -0.15) is 0 Å². The maximum Gasteiger partial charge on any atom is 0.410 e. The lowest BCUT2D eigenvalue weighted by Crippen LogP contribution is -2.54. The van der Waals surface area contributed by atoms with Gasteiger partial charge in [0.1, 0.15) is 18.0 Å². The third-order valence-electron chi connectivity index (χ3n) is 5.34. The standard InChI is InChI=1S/C19H34N2O4S2Si/c1-18(2,3)25-17(22)21-13-9-10-14(21)15-11-12-16(26-15)27(23,24)20-28(7,8)19(4,5)6/h11-12,14,20H,9-10,13H2,1-8H3/t14-/m0/s1. The second kappa shape index (κ2) is 7.74. The Bertz CT molecular complexity index is 820. The Hall–Kier alpha value is -0.903. The number of thiophene rings is 1. The maximum absolute atomic E-state index is 13.0. The molecule has 1 saturated heterocycles. The van der Waals surface area contributed by atoms with Crippen molar-refractivity contribution in [3.05, 3.63) is 17.0 Å². The lowest BCUT2D eigenvalue weighted by Gasteiger charge is -2.36. The molecule has 1 amide bonds. The Labute approximate surface area is 174 Å². The fourth-order valence-electron chi connectivity index (χ4n) is 2.80. The highest BCUT2D eigenvalue weighted by Crippen LogP contribution is 2.39. The highest BCUT2D eigenvalue weighted by Gasteiger charge is 2.40. The van der Waals surface area contributed by atoms with Crippen molar-refractivity contribution >= 4 is 35.7 Å². The normalized spacial score (nSPS) is 19.1. The summed E-state index contributed by atoms with van der Waals surface area (Å²) in [4.78, 5) is 15.1. The smallest absolute Gasteiger partial charge is 0.410 e. The highest BCUT2D eigenvalue weighted by molar-refractivity contribution is 7.93. The monoisotopic (exact) mass is 446 g/mol. The number of carbonyl (C=O) groups is 1. The second-order valence-corrected chi connectivity index (χ2v) is 18.4. The number of ether oxygens (including phenoxy) is 1. The molecular weight excluding hydrogens is 412 g/mol. The number of nitrogens with zero attached hydrogens (tertiary/aromatic N) is 1. The number of rotatable bonds is 4. The molecule has 1 atom stereocenters. The number of amides is 1. The van der Waals surface area contributed by atoms with E-state index in [-0.39, 0.29) is 17.2 Å². The van der Waals surface area contributed by atoms with Crippen molar-refractivity contribution in [2.24, 2.45) is 0 Å². The van der Waals surface area contributed by atoms with Gasteiger partial charge in [0.2, 0.25) is 10.0 Å². The zero-order valence-electron chi connectivity index (χ0n) is 18.3. The number of hydrogen-bond acceptors (Lipinski definition) is 5. The first-order valence-electron chi connectivity index (χ1n) is 9.67. The zero-order chi connectivity index (χ0) is 21.5. The fourth-order valence-corrected chi connectivity index (χ4v) is 9.35. The van der Waals surface area contributed by atoms with Crippen LogP contribution in [-0.2, 0) is 14.8 Å². The molecule has 0 saturated carbocycles. The van der Waals surface area contributed by atoms with Crippen molar-refractivity contribution in [2.45, 2.75) is 88.4 Å². The van der Waals surface area contributed by atoms with Crippen molar-refractivity contribution in [3.8, 4) is 0 Å². The van der Waals surface area contributed by atoms with Gasteiger partial charge in [0.15, 0.2) is 0 Å². The van der Waals surface area contributed by atoms with E-state index in [1.165, 1.54) is 11.3 Å². The molecule has 9 heteroatoms. The van der Waals surface area contributed by atoms with Crippen LogP contribution < -0.4 is 4.39 Å². The van der Waals surface area contributed by atoms with Crippen molar-refractivity contribution in [1.82, 2.24) is 9.29 Å². The summed E-state index contributed by atoms with van der Waals surface area (Å²) < 4.78 is 34.7. The van der Waals surface area contributed by atoms with Crippen LogP contribution >= 0.6 is 11.3 Å². The van der Waals surface area contributed by atoms with E-state index in [0.29, 0.717) is 10.8 Å². The summed E-state index contributed by atoms with van der Waals surface area (Å²) in [6.07, 6.45) is 1.35. The molecule has 1 aromatic rings. The van der Waals surface area contributed by atoms with Crippen molar-refractivity contribution in [2.75, 3.05) is 6.54 Å². The molecule has 6 nitrogen and oxygen atoms in total. The fraction of sp³-hybridized carbons (Fsp3) is 0.737. The number of carbonyl (C=O) groups excluding carboxylic acids is 1. The van der Waals surface area contributed by atoms with Crippen LogP contribution in [0.3, 0.4) is 0 Å². The second-order valence-electron chi connectivity index (χ2n) is 9.97. The molecule has 0 unspecified atom stereocenters. The number of sulfonamides is 1. The molecule has 28 heavy (non-hydrogen) atoms. The van der Waals surface area contributed by atoms with E-state index in [1.54, 1.807) is 11.0 Å². The Morgan fingerprint density at radius 3 is 2.36 bits per heavy atom. The molecular formula is C19H34N2O4S2Si. The largest absolute Gasteiger partial charge is 0.444 e. The summed E-state index contributed by atoms with van der Waals surface area (Å²) in [6, 6.07) is 3.36. The van der Waals surface area contributed by atoms with Gasteiger partial charge < -0.3 is 9.64 Å². The predicted octanol–water partition coefficient (Wildman–Crippen LogP) is 5.10. The van der Waals surface area contributed by atoms with E-state index in [1.807, 2.05) is 39.9 Å². The Balaban J connectivity index is 2.22. The molecule has 0 aromatic carbocycles. The number of nitrogens with one attached hydrogen (secondary N) is 1. The van der Waals surface area contributed by atoms with Crippen LogP contribution in [0.2, 0.25) is 18.1 Å². The molecule has 1 N–H and O–H groups in total. The third-order valence-corrected chi connectivity index (χ3v) is 14.8. The summed E-state index contributed by atoms with van der Waals surface area (Å²) in [5.74, 6) is 0. The van der Waals surface area contributed by atoms with E-state index in [2.05, 4.69) is 25.2 Å². The lowest BCUT2D eigenvalue weighted by atomic mass is 10.2. The molecule has 1 aliphatic heterocycles. The van der Waals surface area contributed by atoms with Gasteiger partial charge in [-0.1, -0.05) is 33.9 Å². The Morgan fingerprint density at radius 1 is 1.21 bits per heavy atom. The molecule has 0 aliphatic carbocycles. The van der Waals surface area contributed by atoms with Crippen LogP contribution in [0.5, 0.6) is 0 Å². The molecule has 160 valence electrons. The van der Waals surface area contributed by atoms with Crippen LogP contribution in [0.15, 0.2) is 16.3 Å². The van der Waals surface area contributed by atoms with Gasteiger partial charge >= 0.3 is 6.09 Å². The van der Waals surface area contributed by atoms with E-state index in [4.69, 9.17) is 4.74 Å². The van der Waals surface area contributed by atoms with Gasteiger partial charge in [-0.15, -0.1) is 11.3 Å². The van der Waals surface area contributed by atoms with Gasteiger partial charge in [0, 0.05) is 11.4 Å². The van der Waals surface area contributed by atoms with Crippen LogP contribution in [0, 0.1) is 0 Å². The first-order valence-corrected chi connectivity index (χ1v) is 15.0. The lowest BCUT2D eigenvalue weighted by molar-refractivity contribution is 0.0227. The van der Waals surface area contributed by atoms with Gasteiger partial charge in [0.25, 0.3) is 0 Å². The van der Waals surface area contributed by atoms with E-state index < -0.39 is 23.9 Å². The van der Waals surface area contributed by atoms with Crippen molar-refractivity contribution < 1.29 is 17.9 Å². The summed E-state index contributed by atoms with van der Waals surface area (Å²) in [6.45, 7) is 16.4. The van der Waals surface area contributed by atoms with Crippen LogP contribution in [0.25, 0.3) is 0 Å². The maximum atomic E-state index is 13.0. The minimum atomic E-state index is -3.58. The molecule has 0 spiro atoms. The molecule has 0 bridgehead atoms. The zero-order valence-corrected chi connectivity index (χ0v) is 20.9. The minimum Gasteiger partial charge on any atom is -0.444 e. The molecule has 2 rings (SSSR count). The SMILES string of the molecule is CC(C)(C)OC(=O)N1CCC[C@H]1c1ccc(S(=O)(=O)N[Si](C)(C)C(C)(C)C)s1. The van der Waals surface area contributed by atoms with Gasteiger partial charge in [-0.25, -0.2) is 17.6 Å². The third kappa shape index (κ3) is 5.37. The van der Waals surface area contributed by atoms with E-state index >= 15 is 0 Å². The summed E-state index contributed by atoms with van der Waals surface area (Å²) in [7, 11) is -5.80. The van der Waals surface area contributed by atoms with Crippen molar-refractivity contribution in [1.29, 1.82) is 0 Å². The van der Waals surface area contributed by atoms with Crippen LogP contribution in [-0.4, -0.2) is 39.8 Å². The van der Waals surface area contributed by atoms with Crippen LogP contribution in [0.1, 0.15) is 65.3 Å². The Kier molecular flexibility index (Phi) is 6.46. The Morgan fingerprint density at radius 2 is 1.82 bits per heavy atom. The molecule has 2 heterocycles. The number of likely N-dealkylation sites (tertiary alicyclic amines) is 1. The number of hydrogen-bond donors (Lipinski definition) is 1. The first-order chi connectivity index (χ1) is 12.5. The molecule has 0 radical (unpaired) electrons. The molecule has 1 aliphatic rings. The topological polar surface area (TPSA) is 75.7 Å². The van der Waals surface area contributed by atoms with E-state index in [0.717, 1.165) is 17.7 Å². The first kappa shape index (κ1) is 23.4. The average Bonchev–Trinajstić information content (AvgIpc) is 3.12. The highest BCUT2D eigenvalue weighted by atomic mass is 32.2.